The zero-order chi connectivity index (χ0) is 20.1. The molecule has 2 atom stereocenters. The average molecular weight is 392 g/mol. The number of aryl methyl sites for hydroxylation is 1. The van der Waals surface area contributed by atoms with Gasteiger partial charge in [0.1, 0.15) is 5.82 Å². The normalized spacial score (nSPS) is 21.9. The minimum absolute atomic E-state index is 0.125. The van der Waals surface area contributed by atoms with Gasteiger partial charge in [-0.15, -0.1) is 0 Å². The summed E-state index contributed by atoms with van der Waals surface area (Å²) in [7, 11) is 1.76. The molecule has 1 aliphatic heterocycles. The third-order valence-corrected chi connectivity index (χ3v) is 5.54. The Labute approximate surface area is 172 Å². The van der Waals surface area contributed by atoms with Crippen molar-refractivity contribution in [2.75, 3.05) is 13.7 Å². The lowest BCUT2D eigenvalue weighted by molar-refractivity contribution is -0.288. The molecule has 3 aromatic rings. The predicted molar refractivity (Wildman–Crippen MR) is 112 cm³/mol. The number of aromatic nitrogens is 2. The molecular formula is C24H28N2O3. The molecule has 0 N–H and O–H groups in total. The van der Waals surface area contributed by atoms with Gasteiger partial charge in [-0.3, -0.25) is 0 Å². The summed E-state index contributed by atoms with van der Waals surface area (Å²) < 4.78 is 20.4. The summed E-state index contributed by atoms with van der Waals surface area (Å²) in [5.41, 5.74) is 3.24. The predicted octanol–water partition coefficient (Wildman–Crippen LogP) is 4.63. The van der Waals surface area contributed by atoms with E-state index >= 15 is 0 Å². The average Bonchev–Trinajstić information content (AvgIpc) is 3.28. The molecule has 0 bridgehead atoms. The van der Waals surface area contributed by atoms with Gasteiger partial charge in [0.15, 0.2) is 5.79 Å². The summed E-state index contributed by atoms with van der Waals surface area (Å²) in [5.74, 6) is 0.275. The van der Waals surface area contributed by atoms with Crippen molar-refractivity contribution in [1.29, 1.82) is 0 Å². The lowest BCUT2D eigenvalue weighted by Crippen LogP contribution is -2.42. The van der Waals surface area contributed by atoms with E-state index in [1.54, 1.807) is 7.11 Å². The topological polar surface area (TPSA) is 45.5 Å². The fourth-order valence-corrected chi connectivity index (χ4v) is 3.88. The molecule has 5 nitrogen and oxygen atoms in total. The maximum Gasteiger partial charge on any atom is 0.197 e. The zero-order valence-corrected chi connectivity index (χ0v) is 17.1. The molecule has 2 aromatic carbocycles. The quantitative estimate of drug-likeness (QED) is 0.588. The molecule has 4 rings (SSSR count). The summed E-state index contributed by atoms with van der Waals surface area (Å²) in [6.45, 7) is 3.20. The molecule has 152 valence electrons. The van der Waals surface area contributed by atoms with Crippen LogP contribution in [0, 0.1) is 0 Å². The third-order valence-electron chi connectivity index (χ3n) is 5.54. The van der Waals surface area contributed by atoms with E-state index in [1.165, 1.54) is 0 Å². The zero-order valence-electron chi connectivity index (χ0n) is 17.1. The first-order chi connectivity index (χ1) is 14.2. The van der Waals surface area contributed by atoms with Crippen LogP contribution in [0.25, 0.3) is 5.69 Å². The number of hydrogen-bond donors (Lipinski definition) is 0. The highest BCUT2D eigenvalue weighted by molar-refractivity contribution is 5.36. The molecule has 1 saturated heterocycles. The van der Waals surface area contributed by atoms with Crippen molar-refractivity contribution in [3.05, 3.63) is 83.9 Å². The molecular weight excluding hydrogens is 364 g/mol. The third kappa shape index (κ3) is 4.27. The highest BCUT2D eigenvalue weighted by atomic mass is 16.7. The van der Waals surface area contributed by atoms with Gasteiger partial charge in [-0.2, -0.15) is 0 Å². The van der Waals surface area contributed by atoms with E-state index in [9.17, 15) is 0 Å². The van der Waals surface area contributed by atoms with Crippen LogP contribution in [0.1, 0.15) is 36.7 Å². The smallest absolute Gasteiger partial charge is 0.197 e. The summed E-state index contributed by atoms with van der Waals surface area (Å²) in [4.78, 5) is 4.40. The number of methoxy groups -OCH3 is 1. The number of rotatable bonds is 7. The molecule has 2 unspecified atom stereocenters. The maximum absolute atomic E-state index is 6.43. The van der Waals surface area contributed by atoms with Gasteiger partial charge in [-0.05, 0) is 24.1 Å². The SMILES string of the molecule is CCc1nccn1-c1ccc(COC2(c3ccccc3)CC(OC)CCO2)cc1. The minimum Gasteiger partial charge on any atom is -0.381 e. The second kappa shape index (κ2) is 8.91. The summed E-state index contributed by atoms with van der Waals surface area (Å²) in [6.07, 6.45) is 6.42. The standard InChI is InChI=1S/C24H28N2O3/c1-3-23-25-14-15-26(23)21-11-9-19(10-12-21)18-29-24(20-7-5-4-6-8-20)17-22(27-2)13-16-28-24/h4-12,14-15,22H,3,13,16-18H2,1-2H3. The molecule has 0 amide bonds. The van der Waals surface area contributed by atoms with Crippen LogP contribution in [0.15, 0.2) is 67.0 Å². The maximum atomic E-state index is 6.43. The van der Waals surface area contributed by atoms with Gasteiger partial charge in [0.25, 0.3) is 0 Å². The Morgan fingerprint density at radius 2 is 1.93 bits per heavy atom. The number of nitrogens with zero attached hydrogens (tertiary/aromatic N) is 2. The second-order valence-electron chi connectivity index (χ2n) is 7.34. The van der Waals surface area contributed by atoms with Gasteiger partial charge >= 0.3 is 0 Å². The van der Waals surface area contributed by atoms with Crippen LogP contribution in [0.2, 0.25) is 0 Å². The molecule has 0 saturated carbocycles. The van der Waals surface area contributed by atoms with Gasteiger partial charge in [0.2, 0.25) is 0 Å². The Balaban J connectivity index is 1.52. The first-order valence-corrected chi connectivity index (χ1v) is 10.2. The molecule has 1 aromatic heterocycles. The fraction of sp³-hybridized carbons (Fsp3) is 0.375. The number of hydrogen-bond acceptors (Lipinski definition) is 4. The number of imidazole rings is 1. The van der Waals surface area contributed by atoms with Crippen molar-refractivity contribution >= 4 is 0 Å². The monoisotopic (exact) mass is 392 g/mol. The second-order valence-corrected chi connectivity index (χ2v) is 7.34. The van der Waals surface area contributed by atoms with Gasteiger partial charge in [-0.1, -0.05) is 49.4 Å². The molecule has 1 aliphatic rings. The molecule has 29 heavy (non-hydrogen) atoms. The first-order valence-electron chi connectivity index (χ1n) is 10.2. The van der Waals surface area contributed by atoms with Crippen LogP contribution >= 0.6 is 0 Å². The van der Waals surface area contributed by atoms with E-state index in [-0.39, 0.29) is 6.10 Å². The summed E-state index contributed by atoms with van der Waals surface area (Å²) in [6, 6.07) is 18.6. The fourth-order valence-electron chi connectivity index (χ4n) is 3.88. The van der Waals surface area contributed by atoms with Crippen molar-refractivity contribution in [3.8, 4) is 5.69 Å². The van der Waals surface area contributed by atoms with E-state index < -0.39 is 5.79 Å². The van der Waals surface area contributed by atoms with E-state index in [1.807, 2.05) is 30.6 Å². The van der Waals surface area contributed by atoms with E-state index in [0.29, 0.717) is 19.6 Å². The lowest BCUT2D eigenvalue weighted by Gasteiger charge is -2.40. The van der Waals surface area contributed by atoms with Crippen LogP contribution in [0.3, 0.4) is 0 Å². The van der Waals surface area contributed by atoms with E-state index in [0.717, 1.165) is 35.5 Å². The highest BCUT2D eigenvalue weighted by Crippen LogP contribution is 2.38. The minimum atomic E-state index is -0.779. The van der Waals surface area contributed by atoms with Crippen LogP contribution in [-0.2, 0) is 33.0 Å². The van der Waals surface area contributed by atoms with Gasteiger partial charge in [0.05, 0.1) is 19.3 Å². The largest absolute Gasteiger partial charge is 0.381 e. The molecule has 0 spiro atoms. The van der Waals surface area contributed by atoms with Crippen LogP contribution in [0.5, 0.6) is 0 Å². The molecule has 5 heteroatoms. The van der Waals surface area contributed by atoms with Crippen LogP contribution < -0.4 is 0 Å². The van der Waals surface area contributed by atoms with Crippen LogP contribution in [-0.4, -0.2) is 29.4 Å². The van der Waals surface area contributed by atoms with Crippen molar-refractivity contribution in [2.24, 2.45) is 0 Å². The Kier molecular flexibility index (Phi) is 6.09. The Morgan fingerprint density at radius 3 is 2.66 bits per heavy atom. The molecule has 1 fully saturated rings. The van der Waals surface area contributed by atoms with Crippen molar-refractivity contribution in [3.63, 3.8) is 0 Å². The molecule has 0 aliphatic carbocycles. The van der Waals surface area contributed by atoms with Gasteiger partial charge < -0.3 is 18.8 Å². The summed E-state index contributed by atoms with van der Waals surface area (Å²) in [5, 5.41) is 0. The Morgan fingerprint density at radius 1 is 1.14 bits per heavy atom. The molecule has 0 radical (unpaired) electrons. The number of benzene rings is 2. The van der Waals surface area contributed by atoms with E-state index in [4.69, 9.17) is 14.2 Å². The lowest BCUT2D eigenvalue weighted by atomic mass is 9.95. The van der Waals surface area contributed by atoms with Gasteiger partial charge in [0, 0.05) is 43.6 Å². The van der Waals surface area contributed by atoms with E-state index in [2.05, 4.69) is 52.9 Å². The Hall–Kier alpha value is -2.47. The van der Waals surface area contributed by atoms with Crippen molar-refractivity contribution in [1.82, 2.24) is 9.55 Å². The van der Waals surface area contributed by atoms with Crippen LogP contribution in [0.4, 0.5) is 0 Å². The Bertz CT molecular complexity index is 907. The summed E-state index contributed by atoms with van der Waals surface area (Å²) >= 11 is 0. The molecule has 2 heterocycles. The van der Waals surface area contributed by atoms with Gasteiger partial charge in [-0.25, -0.2) is 4.98 Å². The highest BCUT2D eigenvalue weighted by Gasteiger charge is 2.40. The van der Waals surface area contributed by atoms with Crippen molar-refractivity contribution in [2.45, 2.75) is 44.7 Å². The van der Waals surface area contributed by atoms with Crippen molar-refractivity contribution < 1.29 is 14.2 Å². The number of ether oxygens (including phenoxy) is 3. The first kappa shape index (κ1) is 19.8.